The van der Waals surface area contributed by atoms with E-state index in [4.69, 9.17) is 10.2 Å². The first kappa shape index (κ1) is 33.1. The maximum Gasteiger partial charge on any atom is 0.325 e. The SMILES string of the molecule is C[C@H](NC(=O)[C@H](Cc1ccc(O)cc1)NC(=O)CCC(=O)N[C@@H](Cc1ccc(O)cc1)C(=O)N[C@@H](C)C(=O)O)C(=O)O. The Labute approximate surface area is 241 Å². The number of phenols is 2. The fourth-order valence-corrected chi connectivity index (χ4v) is 3.67. The van der Waals surface area contributed by atoms with Gasteiger partial charge in [-0.2, -0.15) is 0 Å². The third-order valence-electron chi connectivity index (χ3n) is 6.09. The van der Waals surface area contributed by atoms with Gasteiger partial charge in [0.15, 0.2) is 0 Å². The summed E-state index contributed by atoms with van der Waals surface area (Å²) >= 11 is 0. The quantitative estimate of drug-likeness (QED) is 0.137. The molecule has 14 heteroatoms. The van der Waals surface area contributed by atoms with Crippen LogP contribution >= 0.6 is 0 Å². The van der Waals surface area contributed by atoms with E-state index in [2.05, 4.69) is 21.3 Å². The number of carbonyl (C=O) groups excluding carboxylic acids is 4. The minimum atomic E-state index is -1.28. The van der Waals surface area contributed by atoms with E-state index in [-0.39, 0.29) is 24.3 Å². The van der Waals surface area contributed by atoms with Crippen molar-refractivity contribution in [1.29, 1.82) is 0 Å². The molecule has 0 aromatic heterocycles. The molecule has 0 bridgehead atoms. The molecular weight excluding hydrogens is 552 g/mol. The van der Waals surface area contributed by atoms with Crippen molar-refractivity contribution in [1.82, 2.24) is 21.3 Å². The Morgan fingerprint density at radius 1 is 0.571 bits per heavy atom. The van der Waals surface area contributed by atoms with Crippen molar-refractivity contribution in [2.75, 3.05) is 0 Å². The molecule has 8 N–H and O–H groups in total. The van der Waals surface area contributed by atoms with Crippen molar-refractivity contribution < 1.29 is 49.2 Å². The van der Waals surface area contributed by atoms with Crippen molar-refractivity contribution in [3.8, 4) is 11.5 Å². The number of amides is 4. The number of phenolic OH excluding ortho intramolecular Hbond substituents is 2. The van der Waals surface area contributed by atoms with Gasteiger partial charge in [-0.25, -0.2) is 0 Å². The van der Waals surface area contributed by atoms with Crippen LogP contribution in [0.1, 0.15) is 37.8 Å². The van der Waals surface area contributed by atoms with E-state index >= 15 is 0 Å². The number of hydrogen-bond donors (Lipinski definition) is 8. The highest BCUT2D eigenvalue weighted by Crippen LogP contribution is 2.13. The number of benzene rings is 2. The molecule has 2 aromatic carbocycles. The number of carbonyl (C=O) groups is 6. The smallest absolute Gasteiger partial charge is 0.325 e. The number of nitrogens with one attached hydrogen (secondary N) is 4. The first-order valence-corrected chi connectivity index (χ1v) is 13.0. The molecule has 0 saturated heterocycles. The van der Waals surface area contributed by atoms with Gasteiger partial charge in [0.25, 0.3) is 0 Å². The van der Waals surface area contributed by atoms with E-state index in [1.165, 1.54) is 62.4 Å². The van der Waals surface area contributed by atoms with E-state index in [9.17, 15) is 39.0 Å². The lowest BCUT2D eigenvalue weighted by molar-refractivity contribution is -0.142. The normalized spacial score (nSPS) is 13.5. The first-order valence-electron chi connectivity index (χ1n) is 13.0. The summed E-state index contributed by atoms with van der Waals surface area (Å²) < 4.78 is 0. The Morgan fingerprint density at radius 3 is 1.17 bits per heavy atom. The molecule has 0 unspecified atom stereocenters. The van der Waals surface area contributed by atoms with Gasteiger partial charge in [0.2, 0.25) is 23.6 Å². The zero-order valence-electron chi connectivity index (χ0n) is 23.0. The number of aromatic hydroxyl groups is 2. The van der Waals surface area contributed by atoms with Crippen LogP contribution in [0.3, 0.4) is 0 Å². The van der Waals surface area contributed by atoms with Gasteiger partial charge in [0.1, 0.15) is 35.7 Å². The summed E-state index contributed by atoms with van der Waals surface area (Å²) in [7, 11) is 0. The maximum atomic E-state index is 12.7. The molecule has 4 amide bonds. The second-order valence-electron chi connectivity index (χ2n) is 9.62. The predicted octanol–water partition coefficient (Wildman–Crippen LogP) is -0.189. The highest BCUT2D eigenvalue weighted by atomic mass is 16.4. The summed E-state index contributed by atoms with van der Waals surface area (Å²) in [6, 6.07) is 6.80. The monoisotopic (exact) mass is 586 g/mol. The topological polar surface area (TPSA) is 231 Å². The molecule has 0 aliphatic heterocycles. The van der Waals surface area contributed by atoms with E-state index in [0.29, 0.717) is 11.1 Å². The van der Waals surface area contributed by atoms with E-state index < -0.39 is 72.6 Å². The number of rotatable bonds is 15. The summed E-state index contributed by atoms with van der Waals surface area (Å²) in [5.41, 5.74) is 1.13. The molecule has 0 heterocycles. The van der Waals surface area contributed by atoms with Crippen LogP contribution < -0.4 is 21.3 Å². The zero-order chi connectivity index (χ0) is 31.4. The average molecular weight is 587 g/mol. The maximum absolute atomic E-state index is 12.7. The second kappa shape index (κ2) is 15.6. The molecular formula is C28H34N4O10. The lowest BCUT2D eigenvalue weighted by atomic mass is 10.0. The van der Waals surface area contributed by atoms with Gasteiger partial charge in [-0.1, -0.05) is 24.3 Å². The van der Waals surface area contributed by atoms with Crippen LogP contribution in [0.2, 0.25) is 0 Å². The first-order chi connectivity index (χ1) is 19.7. The van der Waals surface area contributed by atoms with Gasteiger partial charge >= 0.3 is 11.9 Å². The number of carboxylic acids is 2. The van der Waals surface area contributed by atoms with Crippen molar-refractivity contribution in [2.45, 2.75) is 63.7 Å². The molecule has 2 rings (SSSR count). The van der Waals surface area contributed by atoms with Gasteiger partial charge in [-0.15, -0.1) is 0 Å². The lowest BCUT2D eigenvalue weighted by Gasteiger charge is -2.21. The Hall–Kier alpha value is -5.14. The van der Waals surface area contributed by atoms with Crippen LogP contribution in [0.5, 0.6) is 11.5 Å². The van der Waals surface area contributed by atoms with Crippen molar-refractivity contribution in [3.05, 3.63) is 59.7 Å². The molecule has 0 aliphatic carbocycles. The van der Waals surface area contributed by atoms with Gasteiger partial charge in [0.05, 0.1) is 0 Å². The Bertz CT molecular complexity index is 1180. The standard InChI is InChI=1S/C28H34N4O10/c1-15(27(39)40)29-25(37)21(13-17-3-7-19(33)8-4-17)31-23(35)11-12-24(36)32-22(26(38)30-16(2)28(41)42)14-18-5-9-20(34)10-6-18/h3-10,15-16,21-22,33-34H,11-14H2,1-2H3,(H,29,37)(H,30,38)(H,31,35)(H,32,36)(H,39,40)(H,41,42)/t15-,16-,21-,22-/m0/s1. The lowest BCUT2D eigenvalue weighted by Crippen LogP contribution is -2.52. The van der Waals surface area contributed by atoms with E-state index in [1.807, 2.05) is 0 Å². The third kappa shape index (κ3) is 11.2. The van der Waals surface area contributed by atoms with Gasteiger partial charge < -0.3 is 41.7 Å². The van der Waals surface area contributed by atoms with Crippen LogP contribution in [0.15, 0.2) is 48.5 Å². The van der Waals surface area contributed by atoms with Crippen LogP contribution in [0, 0.1) is 0 Å². The molecule has 2 aromatic rings. The summed E-state index contributed by atoms with van der Waals surface area (Å²) in [5.74, 6) is -5.52. The number of hydrogen-bond acceptors (Lipinski definition) is 8. The summed E-state index contributed by atoms with van der Waals surface area (Å²) in [6.45, 7) is 2.51. The summed E-state index contributed by atoms with van der Waals surface area (Å²) in [6.07, 6.45) is -0.850. The van der Waals surface area contributed by atoms with Crippen molar-refractivity contribution in [3.63, 3.8) is 0 Å². The van der Waals surface area contributed by atoms with Crippen LogP contribution in [0.25, 0.3) is 0 Å². The molecule has 226 valence electrons. The molecule has 4 atom stereocenters. The van der Waals surface area contributed by atoms with Crippen LogP contribution in [0.4, 0.5) is 0 Å². The number of aliphatic carboxylic acids is 2. The summed E-state index contributed by atoms with van der Waals surface area (Å²) in [5, 5.41) is 46.7. The van der Waals surface area contributed by atoms with Gasteiger partial charge in [0, 0.05) is 25.7 Å². The summed E-state index contributed by atoms with van der Waals surface area (Å²) in [4.78, 5) is 73.2. The Morgan fingerprint density at radius 2 is 0.881 bits per heavy atom. The Kier molecular flexibility index (Phi) is 12.3. The minimum Gasteiger partial charge on any atom is -0.508 e. The van der Waals surface area contributed by atoms with Crippen LogP contribution in [-0.2, 0) is 41.6 Å². The molecule has 0 radical (unpaired) electrons. The third-order valence-corrected chi connectivity index (χ3v) is 6.09. The van der Waals surface area contributed by atoms with E-state index in [1.54, 1.807) is 0 Å². The highest BCUT2D eigenvalue weighted by molar-refractivity contribution is 5.93. The second-order valence-corrected chi connectivity index (χ2v) is 9.62. The molecule has 0 spiro atoms. The van der Waals surface area contributed by atoms with Gasteiger partial charge in [-0.3, -0.25) is 28.8 Å². The molecule has 14 nitrogen and oxygen atoms in total. The fraction of sp³-hybridized carbons (Fsp3) is 0.357. The zero-order valence-corrected chi connectivity index (χ0v) is 23.0. The minimum absolute atomic E-state index is 0.0101. The molecule has 0 fully saturated rings. The molecule has 0 aliphatic rings. The fourth-order valence-electron chi connectivity index (χ4n) is 3.67. The van der Waals surface area contributed by atoms with Gasteiger partial charge in [-0.05, 0) is 49.2 Å². The Balaban J connectivity index is 2.06. The predicted molar refractivity (Wildman–Crippen MR) is 147 cm³/mol. The highest BCUT2D eigenvalue weighted by Gasteiger charge is 2.27. The average Bonchev–Trinajstić information content (AvgIpc) is 2.93. The number of carboxylic acid groups (broad SMARTS) is 2. The molecule has 0 saturated carbocycles. The van der Waals surface area contributed by atoms with Crippen LogP contribution in [-0.4, -0.2) is 80.2 Å². The van der Waals surface area contributed by atoms with E-state index in [0.717, 1.165) is 0 Å². The largest absolute Gasteiger partial charge is 0.508 e. The molecule has 42 heavy (non-hydrogen) atoms. The van der Waals surface area contributed by atoms with Crippen molar-refractivity contribution >= 4 is 35.6 Å². The van der Waals surface area contributed by atoms with Crippen molar-refractivity contribution in [2.24, 2.45) is 0 Å².